The predicted molar refractivity (Wildman–Crippen MR) is 108 cm³/mol. The molecule has 1 aliphatic rings. The van der Waals surface area contributed by atoms with Crippen molar-refractivity contribution in [3.8, 4) is 11.8 Å². The average molecular weight is 361 g/mol. The third kappa shape index (κ3) is 4.48. The minimum atomic E-state index is -0.436. The molecular formula is C22H23N3O2. The molecule has 0 unspecified atom stereocenters. The predicted octanol–water partition coefficient (Wildman–Crippen LogP) is 4.15. The maximum atomic E-state index is 12.5. The first-order valence-electron chi connectivity index (χ1n) is 9.03. The zero-order valence-corrected chi connectivity index (χ0v) is 15.7. The minimum absolute atomic E-state index is 0.0647. The first-order valence-corrected chi connectivity index (χ1v) is 9.03. The normalized spacial score (nSPS) is 14.0. The number of rotatable bonds is 5. The summed E-state index contributed by atoms with van der Waals surface area (Å²) in [7, 11) is 1.57. The molecule has 3 rings (SSSR count). The van der Waals surface area contributed by atoms with Gasteiger partial charge in [-0.3, -0.25) is 4.79 Å². The Morgan fingerprint density at radius 3 is 2.67 bits per heavy atom. The first kappa shape index (κ1) is 18.5. The summed E-state index contributed by atoms with van der Waals surface area (Å²) >= 11 is 0. The van der Waals surface area contributed by atoms with Gasteiger partial charge < -0.3 is 15.0 Å². The Kier molecular flexibility index (Phi) is 5.77. The number of anilines is 2. The van der Waals surface area contributed by atoms with Crippen molar-refractivity contribution in [2.45, 2.75) is 19.8 Å². The highest BCUT2D eigenvalue weighted by molar-refractivity contribution is 6.09. The van der Waals surface area contributed by atoms with Crippen LogP contribution in [0.4, 0.5) is 11.4 Å². The number of hydrogen-bond acceptors (Lipinski definition) is 4. The number of aryl methyl sites for hydroxylation is 1. The van der Waals surface area contributed by atoms with Gasteiger partial charge >= 0.3 is 0 Å². The van der Waals surface area contributed by atoms with Crippen LogP contribution >= 0.6 is 0 Å². The molecular weight excluding hydrogens is 338 g/mol. The number of carbonyl (C=O) groups excluding carboxylic acids is 1. The second-order valence-electron chi connectivity index (χ2n) is 6.59. The van der Waals surface area contributed by atoms with Crippen LogP contribution in [0.3, 0.4) is 0 Å². The molecule has 0 bridgehead atoms. The van der Waals surface area contributed by atoms with Crippen LogP contribution in [0, 0.1) is 18.3 Å². The zero-order chi connectivity index (χ0) is 19.2. The molecule has 0 aromatic heterocycles. The Labute approximate surface area is 159 Å². The number of methoxy groups -OCH3 is 1. The standard InChI is InChI=1S/C22H23N3O2/c1-16-12-20(25-10-3-4-11-25)9-8-17(16)13-18(15-23)22(26)24-19-6-5-7-21(14-19)27-2/h5-9,12-14H,3-4,10-11H2,1-2H3,(H,24,26)/b18-13-. The maximum Gasteiger partial charge on any atom is 0.266 e. The van der Waals surface area contributed by atoms with Crippen molar-refractivity contribution >= 4 is 23.4 Å². The molecule has 0 saturated carbocycles. The van der Waals surface area contributed by atoms with Crippen LogP contribution in [-0.2, 0) is 4.79 Å². The molecule has 1 aliphatic heterocycles. The summed E-state index contributed by atoms with van der Waals surface area (Å²) in [5, 5.41) is 12.2. The fourth-order valence-electron chi connectivity index (χ4n) is 3.20. The van der Waals surface area contributed by atoms with Gasteiger partial charge in [0, 0.05) is 30.5 Å². The quantitative estimate of drug-likeness (QED) is 0.642. The van der Waals surface area contributed by atoms with Crippen LogP contribution in [-0.4, -0.2) is 26.1 Å². The Morgan fingerprint density at radius 2 is 2.00 bits per heavy atom. The van der Waals surface area contributed by atoms with Crippen molar-refractivity contribution < 1.29 is 9.53 Å². The van der Waals surface area contributed by atoms with E-state index in [9.17, 15) is 10.1 Å². The van der Waals surface area contributed by atoms with Crippen LogP contribution in [0.15, 0.2) is 48.0 Å². The van der Waals surface area contributed by atoms with E-state index in [1.54, 1.807) is 37.5 Å². The molecule has 0 radical (unpaired) electrons. The number of ether oxygens (including phenoxy) is 1. The van der Waals surface area contributed by atoms with Gasteiger partial charge in [-0.15, -0.1) is 0 Å². The topological polar surface area (TPSA) is 65.4 Å². The Balaban J connectivity index is 1.78. The zero-order valence-electron chi connectivity index (χ0n) is 15.7. The van der Waals surface area contributed by atoms with Gasteiger partial charge in [-0.25, -0.2) is 0 Å². The molecule has 1 saturated heterocycles. The summed E-state index contributed by atoms with van der Waals surface area (Å²) < 4.78 is 5.15. The summed E-state index contributed by atoms with van der Waals surface area (Å²) in [6.45, 7) is 4.17. The SMILES string of the molecule is COc1cccc(NC(=O)/C(C#N)=C\c2ccc(N3CCCC3)cc2C)c1. The van der Waals surface area contributed by atoms with E-state index in [1.165, 1.54) is 18.5 Å². The highest BCUT2D eigenvalue weighted by Crippen LogP contribution is 2.24. The molecule has 2 aromatic rings. The van der Waals surface area contributed by atoms with E-state index < -0.39 is 5.91 Å². The lowest BCUT2D eigenvalue weighted by molar-refractivity contribution is -0.112. The molecule has 1 fully saturated rings. The third-order valence-electron chi connectivity index (χ3n) is 4.72. The summed E-state index contributed by atoms with van der Waals surface area (Å²) in [4.78, 5) is 14.8. The fraction of sp³-hybridized carbons (Fsp3) is 0.273. The Hall–Kier alpha value is -3.26. The number of nitrogens with one attached hydrogen (secondary N) is 1. The van der Waals surface area contributed by atoms with E-state index >= 15 is 0 Å². The van der Waals surface area contributed by atoms with Gasteiger partial charge in [-0.05, 0) is 61.2 Å². The van der Waals surface area contributed by atoms with Crippen molar-refractivity contribution in [2.75, 3.05) is 30.4 Å². The third-order valence-corrected chi connectivity index (χ3v) is 4.72. The van der Waals surface area contributed by atoms with Crippen LogP contribution in [0.5, 0.6) is 5.75 Å². The van der Waals surface area contributed by atoms with E-state index in [1.807, 2.05) is 19.1 Å². The lowest BCUT2D eigenvalue weighted by Crippen LogP contribution is -2.17. The van der Waals surface area contributed by atoms with Crippen molar-refractivity contribution in [1.29, 1.82) is 5.26 Å². The van der Waals surface area contributed by atoms with Gasteiger partial charge in [0.15, 0.2) is 0 Å². The maximum absolute atomic E-state index is 12.5. The summed E-state index contributed by atoms with van der Waals surface area (Å²) in [5.41, 5.74) is 3.76. The number of nitrogens with zero attached hydrogens (tertiary/aromatic N) is 2. The fourth-order valence-corrected chi connectivity index (χ4v) is 3.20. The molecule has 1 N–H and O–H groups in total. The van der Waals surface area contributed by atoms with Crippen molar-refractivity contribution in [3.05, 3.63) is 59.2 Å². The van der Waals surface area contributed by atoms with E-state index in [-0.39, 0.29) is 5.57 Å². The minimum Gasteiger partial charge on any atom is -0.497 e. The number of benzene rings is 2. The molecule has 27 heavy (non-hydrogen) atoms. The van der Waals surface area contributed by atoms with Gasteiger partial charge in [-0.1, -0.05) is 12.1 Å². The number of nitriles is 1. The van der Waals surface area contributed by atoms with Crippen molar-refractivity contribution in [2.24, 2.45) is 0 Å². The summed E-state index contributed by atoms with van der Waals surface area (Å²) in [5.74, 6) is 0.206. The lowest BCUT2D eigenvalue weighted by Gasteiger charge is -2.18. The molecule has 1 heterocycles. The molecule has 5 heteroatoms. The second kappa shape index (κ2) is 8.41. The molecule has 1 amide bonds. The average Bonchev–Trinajstić information content (AvgIpc) is 3.22. The molecule has 0 aliphatic carbocycles. The lowest BCUT2D eigenvalue weighted by atomic mass is 10.0. The van der Waals surface area contributed by atoms with Gasteiger partial charge in [0.2, 0.25) is 0 Å². The highest BCUT2D eigenvalue weighted by atomic mass is 16.5. The van der Waals surface area contributed by atoms with Crippen LogP contribution in [0.2, 0.25) is 0 Å². The second-order valence-corrected chi connectivity index (χ2v) is 6.59. The largest absolute Gasteiger partial charge is 0.497 e. The molecule has 5 nitrogen and oxygen atoms in total. The first-order chi connectivity index (χ1) is 13.1. The van der Waals surface area contributed by atoms with Gasteiger partial charge in [0.05, 0.1) is 7.11 Å². The van der Waals surface area contributed by atoms with E-state index in [0.29, 0.717) is 11.4 Å². The molecule has 138 valence electrons. The molecule has 0 atom stereocenters. The van der Waals surface area contributed by atoms with Crippen molar-refractivity contribution in [3.63, 3.8) is 0 Å². The number of carbonyl (C=O) groups is 1. The van der Waals surface area contributed by atoms with Gasteiger partial charge in [0.25, 0.3) is 5.91 Å². The smallest absolute Gasteiger partial charge is 0.266 e. The van der Waals surface area contributed by atoms with E-state index in [4.69, 9.17) is 4.74 Å². The van der Waals surface area contributed by atoms with Crippen LogP contribution < -0.4 is 15.0 Å². The highest BCUT2D eigenvalue weighted by Gasteiger charge is 2.14. The monoisotopic (exact) mass is 361 g/mol. The molecule has 2 aromatic carbocycles. The van der Waals surface area contributed by atoms with E-state index in [0.717, 1.165) is 24.2 Å². The van der Waals surface area contributed by atoms with Gasteiger partial charge in [-0.2, -0.15) is 5.26 Å². The summed E-state index contributed by atoms with van der Waals surface area (Å²) in [6, 6.07) is 15.2. The van der Waals surface area contributed by atoms with Gasteiger partial charge in [0.1, 0.15) is 17.4 Å². The molecule has 0 spiro atoms. The Bertz CT molecular complexity index is 906. The number of hydrogen-bond donors (Lipinski definition) is 1. The van der Waals surface area contributed by atoms with Crippen LogP contribution in [0.1, 0.15) is 24.0 Å². The van der Waals surface area contributed by atoms with Crippen LogP contribution in [0.25, 0.3) is 6.08 Å². The summed E-state index contributed by atoms with van der Waals surface area (Å²) in [6.07, 6.45) is 4.09. The van der Waals surface area contributed by atoms with E-state index in [2.05, 4.69) is 22.3 Å². The Morgan fingerprint density at radius 1 is 1.22 bits per heavy atom. The number of amides is 1. The van der Waals surface area contributed by atoms with Crippen molar-refractivity contribution in [1.82, 2.24) is 0 Å².